The average Bonchev–Trinajstić information content (AvgIpc) is 2.53. The lowest BCUT2D eigenvalue weighted by molar-refractivity contribution is -0.140. The van der Waals surface area contributed by atoms with Crippen LogP contribution in [0.2, 0.25) is 0 Å². The van der Waals surface area contributed by atoms with E-state index < -0.39 is 46.5 Å². The highest BCUT2D eigenvalue weighted by Crippen LogP contribution is 2.43. The maximum atomic E-state index is 14.4. The first kappa shape index (κ1) is 18.3. The van der Waals surface area contributed by atoms with Gasteiger partial charge in [0.2, 0.25) is 11.9 Å². The first-order valence-corrected chi connectivity index (χ1v) is 7.81. The summed E-state index contributed by atoms with van der Waals surface area (Å²) in [7, 11) is 0. The number of nitrogens with zero attached hydrogens (tertiary/aromatic N) is 3. The molecule has 0 unspecified atom stereocenters. The van der Waals surface area contributed by atoms with Crippen molar-refractivity contribution in [2.45, 2.75) is 43.9 Å². The molecular formula is C15H15F6N5. The number of halogens is 6. The lowest BCUT2D eigenvalue weighted by atomic mass is 9.87. The zero-order valence-electron chi connectivity index (χ0n) is 13.4. The fraction of sp³-hybridized carbons (Fsp3) is 0.467. The third-order valence-electron chi connectivity index (χ3n) is 4.53. The molecule has 1 aliphatic carbocycles. The first-order chi connectivity index (χ1) is 12.1. The molecule has 0 amide bonds. The molecule has 0 atom stereocenters. The molecule has 142 valence electrons. The molecule has 11 heteroatoms. The van der Waals surface area contributed by atoms with Gasteiger partial charge in [-0.15, -0.1) is 0 Å². The Hall–Kier alpha value is -2.46. The number of aliphatic imine (C=N–C) groups is 2. The normalized spacial score (nSPS) is 20.2. The average molecular weight is 379 g/mol. The van der Waals surface area contributed by atoms with Crippen molar-refractivity contribution >= 4 is 17.6 Å². The lowest BCUT2D eigenvalue weighted by Crippen LogP contribution is -2.58. The van der Waals surface area contributed by atoms with Crippen LogP contribution < -0.4 is 16.4 Å². The Morgan fingerprint density at radius 3 is 2.15 bits per heavy atom. The molecule has 1 saturated carbocycles. The smallest absolute Gasteiger partial charge is 0.369 e. The van der Waals surface area contributed by atoms with Crippen LogP contribution in [-0.4, -0.2) is 17.6 Å². The monoisotopic (exact) mass is 379 g/mol. The van der Waals surface area contributed by atoms with Gasteiger partial charge in [-0.1, -0.05) is 6.42 Å². The quantitative estimate of drug-likeness (QED) is 0.581. The largest absolute Gasteiger partial charge is 0.419 e. The van der Waals surface area contributed by atoms with Crippen LogP contribution in [-0.2, 0) is 6.18 Å². The summed E-state index contributed by atoms with van der Waals surface area (Å²) in [5.74, 6) is -6.99. The minimum absolute atomic E-state index is 0.184. The molecule has 0 bridgehead atoms. The number of anilines is 1. The molecule has 3 rings (SSSR count). The van der Waals surface area contributed by atoms with E-state index >= 15 is 0 Å². The van der Waals surface area contributed by atoms with Gasteiger partial charge < -0.3 is 11.5 Å². The van der Waals surface area contributed by atoms with Crippen molar-refractivity contribution < 1.29 is 26.3 Å². The van der Waals surface area contributed by atoms with Crippen LogP contribution in [0.5, 0.6) is 0 Å². The number of benzene rings is 1. The second-order valence-electron chi connectivity index (χ2n) is 6.20. The molecule has 1 heterocycles. The van der Waals surface area contributed by atoms with Crippen molar-refractivity contribution in [3.63, 3.8) is 0 Å². The standard InChI is InChI=1S/C15H15F6N5/c16-9-7(15(19,20)21)6-8(10(17)11(9)18)26-13(23)24-12(22)25-14(26)4-2-1-3-5-14/h6H,1-5H2,(H4,22,23,24,25). The van der Waals surface area contributed by atoms with Crippen molar-refractivity contribution in [2.24, 2.45) is 21.5 Å². The SMILES string of the molecule is NC1=NC2(CCCCC2)N(c2cc(C(F)(F)F)c(F)c(F)c2F)C(N)=N1. The van der Waals surface area contributed by atoms with E-state index in [2.05, 4.69) is 9.98 Å². The third kappa shape index (κ3) is 2.84. The second-order valence-corrected chi connectivity index (χ2v) is 6.20. The van der Waals surface area contributed by atoms with Crippen LogP contribution in [0.3, 0.4) is 0 Å². The maximum Gasteiger partial charge on any atom is 0.419 e. The number of hydrogen-bond acceptors (Lipinski definition) is 5. The molecule has 0 aromatic heterocycles. The Bertz CT molecular complexity index is 795. The predicted octanol–water partition coefficient (Wildman–Crippen LogP) is 3.23. The van der Waals surface area contributed by atoms with Gasteiger partial charge in [-0.05, 0) is 31.7 Å². The molecular weight excluding hydrogens is 364 g/mol. The summed E-state index contributed by atoms with van der Waals surface area (Å²) in [6.45, 7) is 0. The van der Waals surface area contributed by atoms with E-state index in [0.717, 1.165) is 11.3 Å². The first-order valence-electron chi connectivity index (χ1n) is 7.81. The highest BCUT2D eigenvalue weighted by molar-refractivity contribution is 6.05. The van der Waals surface area contributed by atoms with Crippen LogP contribution in [0.4, 0.5) is 32.0 Å². The van der Waals surface area contributed by atoms with Crippen molar-refractivity contribution in [3.05, 3.63) is 29.1 Å². The lowest BCUT2D eigenvalue weighted by Gasteiger charge is -2.45. The van der Waals surface area contributed by atoms with Crippen molar-refractivity contribution in [3.8, 4) is 0 Å². The molecule has 1 fully saturated rings. The Morgan fingerprint density at radius 2 is 1.58 bits per heavy atom. The second kappa shape index (κ2) is 6.06. The number of guanidine groups is 2. The minimum atomic E-state index is -5.23. The summed E-state index contributed by atoms with van der Waals surface area (Å²) >= 11 is 0. The molecule has 1 spiro atoms. The summed E-state index contributed by atoms with van der Waals surface area (Å²) in [4.78, 5) is 8.70. The van der Waals surface area contributed by atoms with Gasteiger partial charge in [-0.2, -0.15) is 18.2 Å². The van der Waals surface area contributed by atoms with Crippen LogP contribution in [0.25, 0.3) is 0 Å². The Labute approximate surface area is 144 Å². The molecule has 0 radical (unpaired) electrons. The summed E-state index contributed by atoms with van der Waals surface area (Å²) in [5, 5.41) is 0. The predicted molar refractivity (Wildman–Crippen MR) is 82.9 cm³/mol. The van der Waals surface area contributed by atoms with Gasteiger partial charge >= 0.3 is 6.18 Å². The number of hydrogen-bond donors (Lipinski definition) is 2. The topological polar surface area (TPSA) is 80.0 Å². The Kier molecular flexibility index (Phi) is 4.27. The fourth-order valence-corrected chi connectivity index (χ4v) is 3.43. The van der Waals surface area contributed by atoms with Gasteiger partial charge in [0.1, 0.15) is 5.66 Å². The molecule has 1 aromatic rings. The number of rotatable bonds is 1. The van der Waals surface area contributed by atoms with Crippen molar-refractivity contribution in [1.82, 2.24) is 0 Å². The van der Waals surface area contributed by atoms with Crippen molar-refractivity contribution in [1.29, 1.82) is 0 Å². The van der Waals surface area contributed by atoms with Gasteiger partial charge in [-0.25, -0.2) is 18.2 Å². The summed E-state index contributed by atoms with van der Waals surface area (Å²) < 4.78 is 81.1. The van der Waals surface area contributed by atoms with E-state index in [1.165, 1.54) is 0 Å². The molecule has 0 saturated heterocycles. The van der Waals surface area contributed by atoms with Gasteiger partial charge in [0.15, 0.2) is 17.5 Å². The zero-order valence-corrected chi connectivity index (χ0v) is 13.4. The van der Waals surface area contributed by atoms with E-state index in [1.54, 1.807) is 0 Å². The van der Waals surface area contributed by atoms with Gasteiger partial charge in [0.05, 0.1) is 11.3 Å². The van der Waals surface area contributed by atoms with Crippen LogP contribution >= 0.6 is 0 Å². The highest BCUT2D eigenvalue weighted by atomic mass is 19.4. The Morgan fingerprint density at radius 1 is 0.962 bits per heavy atom. The number of nitrogens with two attached hydrogens (primary N) is 2. The molecule has 26 heavy (non-hydrogen) atoms. The van der Waals surface area contributed by atoms with Gasteiger partial charge in [0.25, 0.3) is 0 Å². The van der Waals surface area contributed by atoms with E-state index in [4.69, 9.17) is 11.5 Å². The van der Waals surface area contributed by atoms with Gasteiger partial charge in [0, 0.05) is 0 Å². The van der Waals surface area contributed by atoms with Crippen molar-refractivity contribution in [2.75, 3.05) is 4.90 Å². The molecule has 4 N–H and O–H groups in total. The molecule has 1 aromatic carbocycles. The van der Waals surface area contributed by atoms with Crippen LogP contribution in [0.15, 0.2) is 16.1 Å². The number of alkyl halides is 3. The van der Waals surface area contributed by atoms with E-state index in [1.807, 2.05) is 0 Å². The van der Waals surface area contributed by atoms with Gasteiger partial charge in [-0.3, -0.25) is 4.90 Å². The molecule has 2 aliphatic rings. The van der Waals surface area contributed by atoms with Crippen LogP contribution in [0, 0.1) is 17.5 Å². The summed E-state index contributed by atoms with van der Waals surface area (Å²) in [5.41, 5.74) is 7.28. The summed E-state index contributed by atoms with van der Waals surface area (Å²) in [6, 6.07) is 0.184. The van der Waals surface area contributed by atoms with E-state index in [9.17, 15) is 26.3 Å². The highest BCUT2D eigenvalue weighted by Gasteiger charge is 2.46. The van der Waals surface area contributed by atoms with E-state index in [-0.39, 0.29) is 12.0 Å². The fourth-order valence-electron chi connectivity index (χ4n) is 3.43. The minimum Gasteiger partial charge on any atom is -0.369 e. The van der Waals surface area contributed by atoms with Crippen LogP contribution in [0.1, 0.15) is 37.7 Å². The van der Waals surface area contributed by atoms with E-state index in [0.29, 0.717) is 25.7 Å². The Balaban J connectivity index is 2.24. The third-order valence-corrected chi connectivity index (χ3v) is 4.53. The maximum absolute atomic E-state index is 14.4. The zero-order chi connectivity index (χ0) is 19.3. The molecule has 5 nitrogen and oxygen atoms in total. The molecule has 1 aliphatic heterocycles. The summed E-state index contributed by atoms with van der Waals surface area (Å²) in [6.07, 6.45) is -2.56.